The van der Waals surface area contributed by atoms with Crippen molar-refractivity contribution in [3.8, 4) is 0 Å². The SMILES string of the molecule is Clc1nc2ccccc2n1C1CCC(C2(c3ccccc3)CCCCCC2)CC1. The molecule has 0 unspecified atom stereocenters. The van der Waals surface area contributed by atoms with E-state index in [9.17, 15) is 0 Å². The van der Waals surface area contributed by atoms with Crippen LogP contribution in [0.15, 0.2) is 54.6 Å². The highest BCUT2D eigenvalue weighted by molar-refractivity contribution is 6.29. The van der Waals surface area contributed by atoms with Gasteiger partial charge in [0, 0.05) is 6.04 Å². The van der Waals surface area contributed by atoms with Gasteiger partial charge in [-0.05, 0) is 79.2 Å². The molecule has 1 heterocycles. The third-order valence-corrected chi connectivity index (χ3v) is 8.01. The second-order valence-electron chi connectivity index (χ2n) is 9.18. The van der Waals surface area contributed by atoms with Gasteiger partial charge in [-0.2, -0.15) is 0 Å². The van der Waals surface area contributed by atoms with Crippen LogP contribution in [0.2, 0.25) is 5.28 Å². The van der Waals surface area contributed by atoms with Gasteiger partial charge in [-0.25, -0.2) is 4.98 Å². The quantitative estimate of drug-likeness (QED) is 0.407. The number of rotatable bonds is 3. The fourth-order valence-electron chi connectivity index (χ4n) is 6.31. The molecule has 2 nitrogen and oxygen atoms in total. The lowest BCUT2D eigenvalue weighted by Crippen LogP contribution is -2.37. The molecule has 5 rings (SSSR count). The molecule has 2 aliphatic carbocycles. The minimum Gasteiger partial charge on any atom is -0.312 e. The second kappa shape index (κ2) is 8.14. The maximum absolute atomic E-state index is 6.58. The minimum absolute atomic E-state index is 0.379. The first-order chi connectivity index (χ1) is 14.3. The lowest BCUT2D eigenvalue weighted by Gasteiger charge is -2.45. The van der Waals surface area contributed by atoms with E-state index in [1.165, 1.54) is 69.7 Å². The van der Waals surface area contributed by atoms with E-state index in [0.29, 0.717) is 16.7 Å². The molecule has 2 saturated carbocycles. The molecule has 1 aromatic heterocycles. The number of para-hydroxylation sites is 2. The summed E-state index contributed by atoms with van der Waals surface area (Å²) in [6.07, 6.45) is 13.3. The lowest BCUT2D eigenvalue weighted by molar-refractivity contribution is 0.154. The van der Waals surface area contributed by atoms with Crippen molar-refractivity contribution in [1.82, 2.24) is 9.55 Å². The summed E-state index contributed by atoms with van der Waals surface area (Å²) in [4.78, 5) is 4.60. The molecule has 2 fully saturated rings. The number of hydrogen-bond donors (Lipinski definition) is 0. The number of hydrogen-bond acceptors (Lipinski definition) is 1. The van der Waals surface area contributed by atoms with Gasteiger partial charge in [0.15, 0.2) is 0 Å². The van der Waals surface area contributed by atoms with Crippen LogP contribution in [0.4, 0.5) is 0 Å². The second-order valence-corrected chi connectivity index (χ2v) is 9.52. The van der Waals surface area contributed by atoms with Gasteiger partial charge in [-0.15, -0.1) is 0 Å². The van der Waals surface area contributed by atoms with Gasteiger partial charge in [0.25, 0.3) is 0 Å². The predicted molar refractivity (Wildman–Crippen MR) is 122 cm³/mol. The Labute approximate surface area is 179 Å². The maximum Gasteiger partial charge on any atom is 0.204 e. The van der Waals surface area contributed by atoms with Crippen molar-refractivity contribution < 1.29 is 0 Å². The Morgan fingerprint density at radius 3 is 2.17 bits per heavy atom. The molecule has 0 spiro atoms. The van der Waals surface area contributed by atoms with Crippen LogP contribution < -0.4 is 0 Å². The number of halogens is 1. The normalized spacial score (nSPS) is 25.0. The van der Waals surface area contributed by atoms with Crippen LogP contribution >= 0.6 is 11.6 Å². The van der Waals surface area contributed by atoms with Gasteiger partial charge in [0.05, 0.1) is 11.0 Å². The Hall–Kier alpha value is -1.80. The summed E-state index contributed by atoms with van der Waals surface area (Å²) in [6, 6.07) is 20.3. The van der Waals surface area contributed by atoms with Crippen LogP contribution in [0.25, 0.3) is 11.0 Å². The van der Waals surface area contributed by atoms with E-state index in [2.05, 4.69) is 58.1 Å². The van der Waals surface area contributed by atoms with E-state index in [1.54, 1.807) is 5.56 Å². The monoisotopic (exact) mass is 406 g/mol. The van der Waals surface area contributed by atoms with Crippen LogP contribution in [0, 0.1) is 5.92 Å². The summed E-state index contributed by atoms with van der Waals surface area (Å²) >= 11 is 6.58. The lowest BCUT2D eigenvalue weighted by atomic mass is 9.61. The highest BCUT2D eigenvalue weighted by Gasteiger charge is 2.42. The van der Waals surface area contributed by atoms with Gasteiger partial charge in [-0.3, -0.25) is 0 Å². The molecule has 0 atom stereocenters. The van der Waals surface area contributed by atoms with Crippen molar-refractivity contribution >= 4 is 22.6 Å². The van der Waals surface area contributed by atoms with Crippen molar-refractivity contribution in [2.24, 2.45) is 5.92 Å². The van der Waals surface area contributed by atoms with Gasteiger partial charge < -0.3 is 4.57 Å². The molecule has 2 aromatic carbocycles. The molecule has 3 aromatic rings. The van der Waals surface area contributed by atoms with Crippen molar-refractivity contribution in [2.75, 3.05) is 0 Å². The molecule has 0 bridgehead atoms. The van der Waals surface area contributed by atoms with E-state index >= 15 is 0 Å². The zero-order valence-corrected chi connectivity index (χ0v) is 18.0. The number of benzene rings is 2. The zero-order chi connectivity index (χ0) is 19.7. The molecule has 0 radical (unpaired) electrons. The molecular formula is C26H31ClN2. The van der Waals surface area contributed by atoms with Crippen molar-refractivity contribution in [3.63, 3.8) is 0 Å². The fourth-order valence-corrected chi connectivity index (χ4v) is 6.63. The summed E-state index contributed by atoms with van der Waals surface area (Å²) in [5.74, 6) is 0.785. The third-order valence-electron chi connectivity index (χ3n) is 7.74. The highest BCUT2D eigenvalue weighted by Crippen LogP contribution is 2.51. The Morgan fingerprint density at radius 1 is 0.793 bits per heavy atom. The molecule has 152 valence electrons. The largest absolute Gasteiger partial charge is 0.312 e. The Balaban J connectivity index is 1.41. The van der Waals surface area contributed by atoms with Crippen LogP contribution in [-0.4, -0.2) is 9.55 Å². The summed E-state index contributed by atoms with van der Waals surface area (Å²) < 4.78 is 2.30. The van der Waals surface area contributed by atoms with Crippen LogP contribution in [0.1, 0.15) is 75.8 Å². The van der Waals surface area contributed by atoms with Crippen molar-refractivity contribution in [3.05, 3.63) is 65.4 Å². The van der Waals surface area contributed by atoms with E-state index in [1.807, 2.05) is 6.07 Å². The molecule has 3 heteroatoms. The fraction of sp³-hybridized carbons (Fsp3) is 0.500. The summed E-state index contributed by atoms with van der Waals surface area (Å²) in [5.41, 5.74) is 4.18. The van der Waals surface area contributed by atoms with E-state index < -0.39 is 0 Å². The molecule has 2 aliphatic rings. The van der Waals surface area contributed by atoms with Gasteiger partial charge >= 0.3 is 0 Å². The van der Waals surface area contributed by atoms with Gasteiger partial charge in [-0.1, -0.05) is 68.1 Å². The average molecular weight is 407 g/mol. The highest BCUT2D eigenvalue weighted by atomic mass is 35.5. The van der Waals surface area contributed by atoms with E-state index in [-0.39, 0.29) is 0 Å². The first kappa shape index (κ1) is 19.2. The first-order valence-corrected chi connectivity index (χ1v) is 11.8. The summed E-state index contributed by atoms with van der Waals surface area (Å²) in [6.45, 7) is 0. The minimum atomic E-state index is 0.379. The number of fused-ring (bicyclic) bond motifs is 1. The predicted octanol–water partition coefficient (Wildman–Crippen LogP) is 7.71. The smallest absolute Gasteiger partial charge is 0.204 e. The van der Waals surface area contributed by atoms with Crippen LogP contribution in [0.5, 0.6) is 0 Å². The molecule has 0 saturated heterocycles. The zero-order valence-electron chi connectivity index (χ0n) is 17.2. The van der Waals surface area contributed by atoms with Crippen molar-refractivity contribution in [1.29, 1.82) is 0 Å². The molecular weight excluding hydrogens is 376 g/mol. The van der Waals surface area contributed by atoms with Gasteiger partial charge in [0.2, 0.25) is 5.28 Å². The Kier molecular flexibility index (Phi) is 5.39. The molecule has 29 heavy (non-hydrogen) atoms. The number of nitrogens with zero attached hydrogens (tertiary/aromatic N) is 2. The average Bonchev–Trinajstić information content (AvgIpc) is 2.93. The van der Waals surface area contributed by atoms with Crippen LogP contribution in [0.3, 0.4) is 0 Å². The maximum atomic E-state index is 6.58. The topological polar surface area (TPSA) is 17.8 Å². The Morgan fingerprint density at radius 2 is 1.45 bits per heavy atom. The van der Waals surface area contributed by atoms with E-state index in [0.717, 1.165) is 11.4 Å². The molecule has 0 N–H and O–H groups in total. The summed E-state index contributed by atoms with van der Waals surface area (Å²) in [7, 11) is 0. The van der Waals surface area contributed by atoms with Gasteiger partial charge in [0.1, 0.15) is 0 Å². The summed E-state index contributed by atoms with van der Waals surface area (Å²) in [5, 5.41) is 0.655. The van der Waals surface area contributed by atoms with Crippen molar-refractivity contribution in [2.45, 2.75) is 75.7 Å². The molecule has 0 aliphatic heterocycles. The number of imidazole rings is 1. The third kappa shape index (κ3) is 3.50. The standard InChI is InChI=1S/C26H31ClN2/c27-25-28-23-12-6-7-13-24(23)29(25)22-16-14-21(15-17-22)26(18-8-1-2-9-19-26)20-10-4-3-5-11-20/h3-7,10-13,21-22H,1-2,8-9,14-19H2. The van der Waals surface area contributed by atoms with Crippen LogP contribution in [-0.2, 0) is 5.41 Å². The Bertz CT molecular complexity index is 945. The number of aromatic nitrogens is 2. The molecule has 0 amide bonds. The van der Waals surface area contributed by atoms with E-state index in [4.69, 9.17) is 11.6 Å². The first-order valence-electron chi connectivity index (χ1n) is 11.5.